The number of amides is 1. The van der Waals surface area contributed by atoms with Crippen LogP contribution in [0.5, 0.6) is 5.75 Å². The van der Waals surface area contributed by atoms with Crippen molar-refractivity contribution in [3.63, 3.8) is 0 Å². The normalized spacial score (nSPS) is 26.1. The van der Waals surface area contributed by atoms with Gasteiger partial charge in [0.25, 0.3) is 0 Å². The second-order valence-corrected chi connectivity index (χ2v) is 6.08. The van der Waals surface area contributed by atoms with E-state index >= 15 is 0 Å². The van der Waals surface area contributed by atoms with Crippen LogP contribution in [-0.4, -0.2) is 53.8 Å². The highest BCUT2D eigenvalue weighted by Gasteiger charge is 2.37. The van der Waals surface area contributed by atoms with Crippen molar-refractivity contribution in [1.82, 2.24) is 10.2 Å². The van der Waals surface area contributed by atoms with Crippen LogP contribution >= 0.6 is 0 Å². The summed E-state index contributed by atoms with van der Waals surface area (Å²) >= 11 is 0. The number of hydrogen-bond donors (Lipinski definition) is 2. The van der Waals surface area contributed by atoms with Gasteiger partial charge in [0.1, 0.15) is 18.5 Å². The second kappa shape index (κ2) is 7.11. The van der Waals surface area contributed by atoms with Gasteiger partial charge in [-0.1, -0.05) is 18.2 Å². The molecule has 2 heterocycles. The smallest absolute Gasteiger partial charge is 0.240 e. The summed E-state index contributed by atoms with van der Waals surface area (Å²) in [6.07, 6.45) is 3.10. The number of carbonyl (C=O) groups is 1. The Labute approximate surface area is 131 Å². The molecular formula is C17H24N2O3. The molecule has 2 aliphatic heterocycles. The minimum absolute atomic E-state index is 0.0668. The van der Waals surface area contributed by atoms with Gasteiger partial charge in [-0.3, -0.25) is 4.79 Å². The molecule has 2 saturated heterocycles. The van der Waals surface area contributed by atoms with Gasteiger partial charge in [-0.15, -0.1) is 0 Å². The minimum Gasteiger partial charge on any atom is -0.491 e. The highest BCUT2D eigenvalue weighted by Crippen LogP contribution is 2.23. The number of ether oxygens (including phenoxy) is 1. The Bertz CT molecular complexity index is 488. The lowest BCUT2D eigenvalue weighted by Gasteiger charge is -2.30. The number of nitrogens with one attached hydrogen (secondary N) is 1. The quantitative estimate of drug-likeness (QED) is 0.857. The topological polar surface area (TPSA) is 61.8 Å². The summed E-state index contributed by atoms with van der Waals surface area (Å²) in [6.45, 7) is 1.87. The van der Waals surface area contributed by atoms with Gasteiger partial charge in [0.15, 0.2) is 0 Å². The fraction of sp³-hybridized carbons (Fsp3) is 0.588. The number of aliphatic hydroxyl groups is 1. The number of nitrogens with zero attached hydrogens (tertiary/aromatic N) is 1. The monoisotopic (exact) mass is 304 g/mol. The van der Waals surface area contributed by atoms with Gasteiger partial charge >= 0.3 is 0 Å². The van der Waals surface area contributed by atoms with E-state index in [1.165, 1.54) is 0 Å². The molecule has 1 aromatic rings. The maximum absolute atomic E-state index is 12.5. The van der Waals surface area contributed by atoms with Crippen molar-refractivity contribution in [3.8, 4) is 5.75 Å². The number of carbonyl (C=O) groups excluding carboxylic acids is 1. The van der Waals surface area contributed by atoms with E-state index in [0.29, 0.717) is 0 Å². The van der Waals surface area contributed by atoms with E-state index < -0.39 is 6.10 Å². The molecule has 0 spiro atoms. The van der Waals surface area contributed by atoms with Crippen molar-refractivity contribution in [2.24, 2.45) is 0 Å². The van der Waals surface area contributed by atoms with Crippen LogP contribution in [0.1, 0.15) is 25.7 Å². The molecule has 0 aliphatic carbocycles. The molecule has 5 heteroatoms. The Morgan fingerprint density at radius 1 is 1.32 bits per heavy atom. The fourth-order valence-electron chi connectivity index (χ4n) is 3.37. The van der Waals surface area contributed by atoms with E-state index in [-0.39, 0.29) is 24.6 Å². The fourth-order valence-corrected chi connectivity index (χ4v) is 3.37. The molecule has 2 aliphatic rings. The molecule has 5 nitrogen and oxygen atoms in total. The first kappa shape index (κ1) is 15.3. The van der Waals surface area contributed by atoms with Crippen molar-refractivity contribution in [2.45, 2.75) is 43.9 Å². The van der Waals surface area contributed by atoms with Crippen LogP contribution < -0.4 is 10.1 Å². The zero-order chi connectivity index (χ0) is 15.4. The summed E-state index contributed by atoms with van der Waals surface area (Å²) in [4.78, 5) is 14.4. The lowest BCUT2D eigenvalue weighted by molar-refractivity contribution is -0.136. The maximum Gasteiger partial charge on any atom is 0.240 e. The zero-order valence-electron chi connectivity index (χ0n) is 12.8. The molecule has 1 unspecified atom stereocenters. The van der Waals surface area contributed by atoms with Gasteiger partial charge in [0, 0.05) is 6.54 Å². The van der Waals surface area contributed by atoms with Gasteiger partial charge in [0.2, 0.25) is 5.91 Å². The number of hydrogen-bond acceptors (Lipinski definition) is 4. The zero-order valence-corrected chi connectivity index (χ0v) is 12.8. The third-order valence-corrected chi connectivity index (χ3v) is 4.55. The number of aliphatic hydroxyl groups excluding tert-OH is 1. The summed E-state index contributed by atoms with van der Waals surface area (Å²) in [5, 5.41) is 13.7. The maximum atomic E-state index is 12.5. The molecule has 1 aromatic carbocycles. The first-order valence-electron chi connectivity index (χ1n) is 8.15. The van der Waals surface area contributed by atoms with Crippen LogP contribution in [0, 0.1) is 0 Å². The molecule has 0 aromatic heterocycles. The Hall–Kier alpha value is -1.59. The van der Waals surface area contributed by atoms with Crippen LogP contribution in [0.25, 0.3) is 0 Å². The highest BCUT2D eigenvalue weighted by atomic mass is 16.5. The number of likely N-dealkylation sites (tertiary alicyclic amines) is 1. The van der Waals surface area contributed by atoms with Crippen LogP contribution in [0.4, 0.5) is 0 Å². The molecule has 0 bridgehead atoms. The first-order chi connectivity index (χ1) is 10.8. The number of rotatable bonds is 5. The molecule has 1 amide bonds. The van der Waals surface area contributed by atoms with E-state index in [2.05, 4.69) is 5.32 Å². The van der Waals surface area contributed by atoms with Crippen LogP contribution in [0.2, 0.25) is 0 Å². The molecule has 2 fully saturated rings. The molecule has 2 N–H and O–H groups in total. The number of para-hydroxylation sites is 1. The molecule has 3 rings (SSSR count). The lowest BCUT2D eigenvalue weighted by Crippen LogP contribution is -2.50. The SMILES string of the molecule is O=C([C@H]1CCCN1)N1CCC[C@H]1C(O)COc1ccccc1. The van der Waals surface area contributed by atoms with Gasteiger partial charge in [-0.2, -0.15) is 0 Å². The van der Waals surface area contributed by atoms with Crippen molar-refractivity contribution in [2.75, 3.05) is 19.7 Å². The summed E-state index contributed by atoms with van der Waals surface area (Å²) in [6, 6.07) is 9.27. The summed E-state index contributed by atoms with van der Waals surface area (Å²) in [7, 11) is 0. The van der Waals surface area contributed by atoms with Crippen molar-refractivity contribution in [3.05, 3.63) is 30.3 Å². The summed E-state index contributed by atoms with van der Waals surface area (Å²) < 4.78 is 5.63. The Morgan fingerprint density at radius 3 is 2.86 bits per heavy atom. The van der Waals surface area contributed by atoms with E-state index in [1.807, 2.05) is 35.2 Å². The van der Waals surface area contributed by atoms with Crippen molar-refractivity contribution < 1.29 is 14.6 Å². The first-order valence-corrected chi connectivity index (χ1v) is 8.15. The van der Waals surface area contributed by atoms with Crippen LogP contribution in [-0.2, 0) is 4.79 Å². The average Bonchev–Trinajstić information content (AvgIpc) is 3.24. The van der Waals surface area contributed by atoms with Crippen molar-refractivity contribution in [1.29, 1.82) is 0 Å². The van der Waals surface area contributed by atoms with Crippen LogP contribution in [0.15, 0.2) is 30.3 Å². The van der Waals surface area contributed by atoms with E-state index in [1.54, 1.807) is 0 Å². The predicted octanol–water partition coefficient (Wildman–Crippen LogP) is 1.17. The largest absolute Gasteiger partial charge is 0.491 e. The molecular weight excluding hydrogens is 280 g/mol. The van der Waals surface area contributed by atoms with Gasteiger partial charge in [-0.05, 0) is 44.4 Å². The van der Waals surface area contributed by atoms with E-state index in [9.17, 15) is 9.90 Å². The van der Waals surface area contributed by atoms with Crippen LogP contribution in [0.3, 0.4) is 0 Å². The lowest BCUT2D eigenvalue weighted by atomic mass is 10.1. The molecule has 22 heavy (non-hydrogen) atoms. The average molecular weight is 304 g/mol. The predicted molar refractivity (Wildman–Crippen MR) is 83.7 cm³/mol. The van der Waals surface area contributed by atoms with Gasteiger partial charge in [-0.25, -0.2) is 0 Å². The van der Waals surface area contributed by atoms with E-state index in [0.717, 1.165) is 44.5 Å². The van der Waals surface area contributed by atoms with Gasteiger partial charge in [0.05, 0.1) is 12.1 Å². The third kappa shape index (κ3) is 3.42. The molecule has 3 atom stereocenters. The molecule has 0 saturated carbocycles. The standard InChI is InChI=1S/C17H24N2O3/c20-16(12-22-13-6-2-1-3-7-13)15-9-5-11-19(15)17(21)14-8-4-10-18-14/h1-3,6-7,14-16,18,20H,4-5,8-12H2/t14-,15+,16?/m1/s1. The Kier molecular flexibility index (Phi) is 4.95. The molecule has 120 valence electrons. The summed E-state index contributed by atoms with van der Waals surface area (Å²) in [5.74, 6) is 0.883. The Morgan fingerprint density at radius 2 is 2.14 bits per heavy atom. The van der Waals surface area contributed by atoms with Gasteiger partial charge < -0.3 is 20.1 Å². The van der Waals surface area contributed by atoms with Crippen molar-refractivity contribution >= 4 is 5.91 Å². The highest BCUT2D eigenvalue weighted by molar-refractivity contribution is 5.82. The third-order valence-electron chi connectivity index (χ3n) is 4.55. The second-order valence-electron chi connectivity index (χ2n) is 6.08. The minimum atomic E-state index is -0.645. The number of benzene rings is 1. The van der Waals surface area contributed by atoms with E-state index in [4.69, 9.17) is 4.74 Å². The Balaban J connectivity index is 1.56. The summed E-state index contributed by atoms with van der Waals surface area (Å²) in [5.41, 5.74) is 0. The molecule has 0 radical (unpaired) electrons.